The molecule has 9 atom stereocenters. The molecule has 0 unspecified atom stereocenters. The van der Waals surface area contributed by atoms with Crippen molar-refractivity contribution in [3.8, 4) is 0 Å². The summed E-state index contributed by atoms with van der Waals surface area (Å²) in [6.45, 7) is 16.3. The number of hydrogen-bond donors (Lipinski definition) is 8. The molecule has 0 spiro atoms. The van der Waals surface area contributed by atoms with Crippen molar-refractivity contribution in [2.45, 2.75) is 174 Å². The maximum atomic E-state index is 13.6. The SMILES string of the molecule is CCCCCCCCCCNCCNCC(=O)N[C@H](C(=O)N[C@@H](C)C(=O)N[C@@H](CCCCN)C(=O)N[C@@H](C)B1O[C@@H]2C[C@@H]3C[C@@H](C3(C)C)[C@]2(C)O1)[C@@H](C)O. The Balaban J connectivity index is 1.40. The van der Waals surface area contributed by atoms with E-state index in [1.165, 1.54) is 58.8 Å². The van der Waals surface area contributed by atoms with E-state index in [-0.39, 0.29) is 24.0 Å². The predicted molar refractivity (Wildman–Crippen MR) is 212 cm³/mol. The summed E-state index contributed by atoms with van der Waals surface area (Å²) in [7, 11) is -0.610. The Morgan fingerprint density at radius 2 is 1.46 bits per heavy atom. The van der Waals surface area contributed by atoms with Gasteiger partial charge in [0.15, 0.2) is 0 Å². The van der Waals surface area contributed by atoms with E-state index in [4.69, 9.17) is 15.0 Å². The van der Waals surface area contributed by atoms with Crippen LogP contribution in [-0.2, 0) is 28.5 Å². The first-order valence-corrected chi connectivity index (χ1v) is 21.0. The molecular formula is C39H74BN7O7. The third-order valence-electron chi connectivity index (χ3n) is 12.1. The lowest BCUT2D eigenvalue weighted by molar-refractivity contribution is -0.199. The molecule has 1 saturated heterocycles. The van der Waals surface area contributed by atoms with Gasteiger partial charge in [-0.3, -0.25) is 19.2 Å². The highest BCUT2D eigenvalue weighted by Crippen LogP contribution is 2.65. The van der Waals surface area contributed by atoms with Gasteiger partial charge in [-0.05, 0) is 96.6 Å². The number of carbonyl (C=O) groups excluding carboxylic acids is 4. The molecule has 3 aliphatic carbocycles. The van der Waals surface area contributed by atoms with E-state index in [2.05, 4.69) is 59.6 Å². The quantitative estimate of drug-likeness (QED) is 0.0452. The highest BCUT2D eigenvalue weighted by molar-refractivity contribution is 6.47. The van der Waals surface area contributed by atoms with Crippen LogP contribution in [0.25, 0.3) is 0 Å². The standard InChI is InChI=1S/C39H74BN7O7/c1-8-9-10-11-12-13-14-17-20-42-21-22-43-25-33(49)47-34(27(3)48)37(52)44-26(2)35(50)46-30(18-15-16-19-41)36(51)45-28(4)40-53-32-24-29-23-31(38(29,5)6)39(32,7)54-40/h26-32,34,42-43,48H,8-25,41H2,1-7H3,(H,44,52)(H,45,51)(H,46,50)(H,47,49)/t26-,27+,28-,29-,30-,31-,32+,34-,39-/m0/s1. The van der Waals surface area contributed by atoms with Crippen molar-refractivity contribution >= 4 is 30.7 Å². The normalized spacial score (nSPS) is 25.4. The molecule has 4 aliphatic rings. The van der Waals surface area contributed by atoms with E-state index in [0.717, 1.165) is 25.8 Å². The number of aliphatic hydroxyl groups is 1. The fourth-order valence-corrected chi connectivity index (χ4v) is 8.45. The van der Waals surface area contributed by atoms with Gasteiger partial charge < -0.3 is 52.0 Å². The van der Waals surface area contributed by atoms with Crippen LogP contribution < -0.4 is 37.6 Å². The third-order valence-corrected chi connectivity index (χ3v) is 12.1. The van der Waals surface area contributed by atoms with Crippen molar-refractivity contribution in [2.75, 3.05) is 32.7 Å². The van der Waals surface area contributed by atoms with Crippen LogP contribution in [-0.4, -0.2) is 110 Å². The molecule has 14 nitrogen and oxygen atoms in total. The van der Waals surface area contributed by atoms with Crippen LogP contribution in [0, 0.1) is 17.3 Å². The molecule has 2 bridgehead atoms. The Morgan fingerprint density at radius 1 is 0.796 bits per heavy atom. The monoisotopic (exact) mass is 764 g/mol. The van der Waals surface area contributed by atoms with Crippen LogP contribution in [0.2, 0.25) is 0 Å². The highest BCUT2D eigenvalue weighted by atomic mass is 16.7. The summed E-state index contributed by atoms with van der Waals surface area (Å²) in [5, 5.41) is 27.7. The zero-order valence-electron chi connectivity index (χ0n) is 34.4. The van der Waals surface area contributed by atoms with Crippen LogP contribution >= 0.6 is 0 Å². The minimum absolute atomic E-state index is 0.0221. The molecule has 15 heteroatoms. The number of amides is 4. The summed E-state index contributed by atoms with van der Waals surface area (Å²) in [6.07, 6.45) is 12.6. The summed E-state index contributed by atoms with van der Waals surface area (Å²) in [5.41, 5.74) is 5.49. The maximum Gasteiger partial charge on any atom is 0.481 e. The molecule has 0 radical (unpaired) electrons. The smallest absolute Gasteiger partial charge is 0.404 e. The molecule has 4 rings (SSSR count). The molecule has 0 aromatic carbocycles. The number of nitrogens with one attached hydrogen (secondary N) is 6. The topological polar surface area (TPSA) is 205 Å². The first-order chi connectivity index (χ1) is 25.6. The first kappa shape index (κ1) is 46.1. The number of unbranched alkanes of at least 4 members (excludes halogenated alkanes) is 8. The number of carbonyl (C=O) groups is 4. The highest BCUT2D eigenvalue weighted by Gasteiger charge is 2.68. The summed E-state index contributed by atoms with van der Waals surface area (Å²) in [5.74, 6) is -1.59. The molecular weight excluding hydrogens is 689 g/mol. The molecule has 9 N–H and O–H groups in total. The Kier molecular flexibility index (Phi) is 19.2. The summed E-state index contributed by atoms with van der Waals surface area (Å²) in [4.78, 5) is 52.6. The minimum Gasteiger partial charge on any atom is -0.404 e. The van der Waals surface area contributed by atoms with Gasteiger partial charge in [0, 0.05) is 13.1 Å². The lowest BCUT2D eigenvalue weighted by atomic mass is 9.43. The fourth-order valence-electron chi connectivity index (χ4n) is 8.45. The van der Waals surface area contributed by atoms with Crippen molar-refractivity contribution in [1.29, 1.82) is 0 Å². The van der Waals surface area contributed by atoms with Crippen LogP contribution in [0.5, 0.6) is 0 Å². The molecule has 3 saturated carbocycles. The summed E-state index contributed by atoms with van der Waals surface area (Å²) >= 11 is 0. The van der Waals surface area contributed by atoms with Crippen LogP contribution in [0.3, 0.4) is 0 Å². The largest absolute Gasteiger partial charge is 0.481 e. The second-order valence-electron chi connectivity index (χ2n) is 16.9. The van der Waals surface area contributed by atoms with Crippen LogP contribution in [0.15, 0.2) is 0 Å². The number of rotatable bonds is 27. The van der Waals surface area contributed by atoms with E-state index < -0.39 is 60.6 Å². The number of hydrogen-bond acceptors (Lipinski definition) is 10. The molecule has 4 amide bonds. The second-order valence-corrected chi connectivity index (χ2v) is 16.9. The Morgan fingerprint density at radius 3 is 2.11 bits per heavy atom. The Hall–Kier alpha value is -2.30. The fraction of sp³-hybridized carbons (Fsp3) is 0.897. The van der Waals surface area contributed by atoms with E-state index in [1.54, 1.807) is 0 Å². The molecule has 310 valence electrons. The van der Waals surface area contributed by atoms with Crippen molar-refractivity contribution in [1.82, 2.24) is 31.9 Å². The van der Waals surface area contributed by atoms with Gasteiger partial charge in [0.05, 0.1) is 30.3 Å². The van der Waals surface area contributed by atoms with Crippen molar-refractivity contribution < 1.29 is 33.6 Å². The number of aliphatic hydroxyl groups excluding tert-OH is 1. The Bertz CT molecular complexity index is 1200. The van der Waals surface area contributed by atoms with Gasteiger partial charge in [-0.2, -0.15) is 0 Å². The zero-order valence-corrected chi connectivity index (χ0v) is 34.4. The third kappa shape index (κ3) is 13.1. The zero-order chi connectivity index (χ0) is 39.9. The van der Waals surface area contributed by atoms with E-state index in [1.807, 2.05) is 6.92 Å². The molecule has 0 aromatic rings. The minimum atomic E-state index is -1.27. The molecule has 1 aliphatic heterocycles. The van der Waals surface area contributed by atoms with Crippen LogP contribution in [0.4, 0.5) is 0 Å². The van der Waals surface area contributed by atoms with Crippen molar-refractivity contribution in [3.63, 3.8) is 0 Å². The van der Waals surface area contributed by atoms with E-state index in [9.17, 15) is 24.3 Å². The van der Waals surface area contributed by atoms with Gasteiger partial charge in [-0.1, -0.05) is 65.7 Å². The predicted octanol–water partition coefficient (Wildman–Crippen LogP) is 2.06. The molecule has 0 aromatic heterocycles. The van der Waals surface area contributed by atoms with Gasteiger partial charge in [0.25, 0.3) is 0 Å². The van der Waals surface area contributed by atoms with Gasteiger partial charge >= 0.3 is 7.12 Å². The summed E-state index contributed by atoms with van der Waals surface area (Å²) in [6, 6.07) is -3.21. The van der Waals surface area contributed by atoms with E-state index >= 15 is 0 Å². The molecule has 4 fully saturated rings. The first-order valence-electron chi connectivity index (χ1n) is 21.0. The average molecular weight is 764 g/mol. The lowest BCUT2D eigenvalue weighted by Crippen LogP contribution is -2.65. The number of nitrogens with two attached hydrogens (primary N) is 1. The average Bonchev–Trinajstić information content (AvgIpc) is 3.49. The second kappa shape index (κ2) is 22.4. The van der Waals surface area contributed by atoms with E-state index in [0.29, 0.717) is 50.7 Å². The van der Waals surface area contributed by atoms with Crippen molar-refractivity contribution in [2.24, 2.45) is 23.0 Å². The van der Waals surface area contributed by atoms with Gasteiger partial charge in [0.2, 0.25) is 23.6 Å². The lowest BCUT2D eigenvalue weighted by Gasteiger charge is -2.64. The van der Waals surface area contributed by atoms with Gasteiger partial charge in [-0.15, -0.1) is 0 Å². The van der Waals surface area contributed by atoms with Gasteiger partial charge in [0.1, 0.15) is 18.1 Å². The maximum absolute atomic E-state index is 13.6. The van der Waals surface area contributed by atoms with Gasteiger partial charge in [-0.25, -0.2) is 0 Å². The Labute approximate surface area is 325 Å². The molecule has 54 heavy (non-hydrogen) atoms. The summed E-state index contributed by atoms with van der Waals surface area (Å²) < 4.78 is 12.9. The van der Waals surface area contributed by atoms with Crippen molar-refractivity contribution in [3.05, 3.63) is 0 Å². The molecule has 1 heterocycles. The van der Waals surface area contributed by atoms with Crippen LogP contribution in [0.1, 0.15) is 132 Å².